The van der Waals surface area contributed by atoms with Crippen LogP contribution in [0.5, 0.6) is 23.0 Å². The quantitative estimate of drug-likeness (QED) is 0.217. The van der Waals surface area contributed by atoms with Crippen molar-refractivity contribution in [2.24, 2.45) is 5.10 Å². The molecule has 4 rings (SSSR count). The van der Waals surface area contributed by atoms with Crippen LogP contribution < -0.4 is 24.4 Å². The molecule has 0 aromatic heterocycles. The number of nitrogens with one attached hydrogen (secondary N) is 1. The molecule has 6 heteroatoms. The van der Waals surface area contributed by atoms with Crippen LogP contribution in [0.15, 0.2) is 84.0 Å². The van der Waals surface area contributed by atoms with Gasteiger partial charge >= 0.3 is 0 Å². The van der Waals surface area contributed by atoms with Crippen molar-refractivity contribution in [3.05, 3.63) is 95.6 Å². The first-order chi connectivity index (χ1) is 17.2. The van der Waals surface area contributed by atoms with E-state index in [1.807, 2.05) is 55.5 Å². The summed E-state index contributed by atoms with van der Waals surface area (Å²) in [6.45, 7) is 3.52. The van der Waals surface area contributed by atoms with Crippen LogP contribution >= 0.6 is 0 Å². The summed E-state index contributed by atoms with van der Waals surface area (Å²) >= 11 is 0. The molecule has 0 atom stereocenters. The molecule has 4 aromatic carbocycles. The topological polar surface area (TPSA) is 61.3 Å². The Morgan fingerprint density at radius 1 is 0.771 bits per heavy atom. The molecule has 180 valence electrons. The minimum absolute atomic E-state index is 0.460. The van der Waals surface area contributed by atoms with Gasteiger partial charge in [0.05, 0.1) is 33.6 Å². The molecule has 1 N–H and O–H groups in total. The minimum atomic E-state index is 0.460. The van der Waals surface area contributed by atoms with E-state index in [0.717, 1.165) is 16.7 Å². The highest BCUT2D eigenvalue weighted by molar-refractivity contribution is 5.85. The predicted molar refractivity (Wildman–Crippen MR) is 140 cm³/mol. The van der Waals surface area contributed by atoms with E-state index in [1.54, 1.807) is 20.4 Å². The molecule has 4 aromatic rings. The number of benzene rings is 4. The van der Waals surface area contributed by atoms with Crippen molar-refractivity contribution >= 4 is 17.0 Å². The summed E-state index contributed by atoms with van der Waals surface area (Å²) < 4.78 is 22.6. The highest BCUT2D eigenvalue weighted by Gasteiger charge is 2.08. The van der Waals surface area contributed by atoms with E-state index in [0.29, 0.717) is 42.8 Å². The van der Waals surface area contributed by atoms with E-state index in [2.05, 4.69) is 40.9 Å². The smallest absolute Gasteiger partial charge is 0.161 e. The Kier molecular flexibility index (Phi) is 8.07. The monoisotopic (exact) mass is 470 g/mol. The molecule has 0 bridgehead atoms. The highest BCUT2D eigenvalue weighted by atomic mass is 16.5. The van der Waals surface area contributed by atoms with Crippen LogP contribution in [0.25, 0.3) is 10.8 Å². The Balaban J connectivity index is 1.41. The standard InChI is InChI=1S/C29H30N2O4/c1-4-34-29-17-22(19-31-30-18-21-12-14-26(32-2)28(16-21)33-3)13-15-27(29)35-20-24-10-7-9-23-8-5-6-11-25(23)24/h5-17,19,30H,4,18,20H2,1-3H3/b31-19+. The molecule has 0 heterocycles. The van der Waals surface area contributed by atoms with Gasteiger partial charge < -0.3 is 24.4 Å². The first kappa shape index (κ1) is 24.0. The third-order valence-electron chi connectivity index (χ3n) is 5.57. The van der Waals surface area contributed by atoms with E-state index in [1.165, 1.54) is 10.8 Å². The summed E-state index contributed by atoms with van der Waals surface area (Å²) in [6.07, 6.45) is 1.76. The van der Waals surface area contributed by atoms with Gasteiger partial charge in [0.15, 0.2) is 23.0 Å². The molecule has 0 unspecified atom stereocenters. The molecule has 0 aliphatic carbocycles. The van der Waals surface area contributed by atoms with Crippen LogP contribution in [0.2, 0.25) is 0 Å². The van der Waals surface area contributed by atoms with Crippen molar-refractivity contribution in [1.82, 2.24) is 5.43 Å². The van der Waals surface area contributed by atoms with E-state index >= 15 is 0 Å². The van der Waals surface area contributed by atoms with Crippen LogP contribution in [0, 0.1) is 0 Å². The van der Waals surface area contributed by atoms with Gasteiger partial charge in [-0.1, -0.05) is 48.5 Å². The van der Waals surface area contributed by atoms with Gasteiger partial charge in [0.25, 0.3) is 0 Å². The summed E-state index contributed by atoms with van der Waals surface area (Å²) in [5, 5.41) is 6.74. The van der Waals surface area contributed by atoms with Crippen molar-refractivity contribution in [3.8, 4) is 23.0 Å². The minimum Gasteiger partial charge on any atom is -0.493 e. The molecule has 0 radical (unpaired) electrons. The lowest BCUT2D eigenvalue weighted by Crippen LogP contribution is -2.06. The van der Waals surface area contributed by atoms with Crippen molar-refractivity contribution in [2.45, 2.75) is 20.1 Å². The second-order valence-electron chi connectivity index (χ2n) is 7.85. The maximum atomic E-state index is 6.16. The summed E-state index contributed by atoms with van der Waals surface area (Å²) in [5.74, 6) is 2.79. The summed E-state index contributed by atoms with van der Waals surface area (Å²) in [6, 6.07) is 26.2. The van der Waals surface area contributed by atoms with Gasteiger partial charge in [-0.05, 0) is 64.7 Å². The summed E-state index contributed by atoms with van der Waals surface area (Å²) in [7, 11) is 3.25. The van der Waals surface area contributed by atoms with Crippen molar-refractivity contribution < 1.29 is 18.9 Å². The van der Waals surface area contributed by atoms with Gasteiger partial charge in [-0.3, -0.25) is 0 Å². The predicted octanol–water partition coefficient (Wildman–Crippen LogP) is 5.96. The van der Waals surface area contributed by atoms with E-state index < -0.39 is 0 Å². The molecule has 0 spiro atoms. The van der Waals surface area contributed by atoms with Crippen molar-refractivity contribution in [1.29, 1.82) is 0 Å². The summed E-state index contributed by atoms with van der Waals surface area (Å²) in [4.78, 5) is 0. The molecule has 0 aliphatic rings. The lowest BCUT2D eigenvalue weighted by molar-refractivity contribution is 0.270. The normalized spacial score (nSPS) is 10.9. The number of ether oxygens (including phenoxy) is 4. The van der Waals surface area contributed by atoms with Gasteiger partial charge in [0.1, 0.15) is 6.61 Å². The lowest BCUT2D eigenvalue weighted by Gasteiger charge is -2.14. The average Bonchev–Trinajstić information content (AvgIpc) is 2.90. The van der Waals surface area contributed by atoms with Crippen LogP contribution in [0.4, 0.5) is 0 Å². The number of methoxy groups -OCH3 is 2. The van der Waals surface area contributed by atoms with Gasteiger partial charge in [0.2, 0.25) is 0 Å². The third kappa shape index (κ3) is 6.03. The van der Waals surface area contributed by atoms with Crippen LogP contribution in [-0.4, -0.2) is 27.0 Å². The van der Waals surface area contributed by atoms with Crippen LogP contribution in [-0.2, 0) is 13.2 Å². The molecule has 35 heavy (non-hydrogen) atoms. The average molecular weight is 471 g/mol. The Morgan fingerprint density at radius 3 is 2.40 bits per heavy atom. The fourth-order valence-electron chi connectivity index (χ4n) is 3.81. The van der Waals surface area contributed by atoms with Gasteiger partial charge in [-0.25, -0.2) is 0 Å². The molecule has 0 aliphatic heterocycles. The number of fused-ring (bicyclic) bond motifs is 1. The maximum absolute atomic E-state index is 6.16. The second-order valence-corrected chi connectivity index (χ2v) is 7.85. The number of rotatable bonds is 11. The molecular weight excluding hydrogens is 440 g/mol. The van der Waals surface area contributed by atoms with Crippen LogP contribution in [0.3, 0.4) is 0 Å². The third-order valence-corrected chi connectivity index (χ3v) is 5.57. The van der Waals surface area contributed by atoms with Gasteiger partial charge in [-0.15, -0.1) is 0 Å². The summed E-state index contributed by atoms with van der Waals surface area (Å²) in [5.41, 5.74) is 6.15. The fraction of sp³-hybridized carbons (Fsp3) is 0.207. The number of hydrogen-bond acceptors (Lipinski definition) is 6. The molecule has 0 saturated carbocycles. The first-order valence-corrected chi connectivity index (χ1v) is 11.5. The zero-order chi connectivity index (χ0) is 24.5. The Morgan fingerprint density at radius 2 is 1.57 bits per heavy atom. The Labute approximate surface area is 206 Å². The number of hydrogen-bond donors (Lipinski definition) is 1. The second kappa shape index (κ2) is 11.8. The molecular formula is C29H30N2O4. The van der Waals surface area contributed by atoms with Crippen molar-refractivity contribution in [2.75, 3.05) is 20.8 Å². The van der Waals surface area contributed by atoms with E-state index in [-0.39, 0.29) is 0 Å². The molecule has 0 amide bonds. The van der Waals surface area contributed by atoms with Crippen molar-refractivity contribution in [3.63, 3.8) is 0 Å². The molecule has 6 nitrogen and oxygen atoms in total. The SMILES string of the molecule is CCOc1cc(/C=N/NCc2ccc(OC)c(OC)c2)ccc1OCc1cccc2ccccc12. The zero-order valence-electron chi connectivity index (χ0n) is 20.3. The maximum Gasteiger partial charge on any atom is 0.161 e. The number of hydrazone groups is 1. The molecule has 0 saturated heterocycles. The zero-order valence-corrected chi connectivity index (χ0v) is 20.3. The number of nitrogens with zero attached hydrogens (tertiary/aromatic N) is 1. The van der Waals surface area contributed by atoms with Gasteiger partial charge in [0, 0.05) is 0 Å². The molecule has 0 fully saturated rings. The Bertz CT molecular complexity index is 1300. The van der Waals surface area contributed by atoms with Gasteiger partial charge in [-0.2, -0.15) is 5.10 Å². The van der Waals surface area contributed by atoms with Crippen LogP contribution in [0.1, 0.15) is 23.6 Å². The largest absolute Gasteiger partial charge is 0.493 e. The highest BCUT2D eigenvalue weighted by Crippen LogP contribution is 2.30. The first-order valence-electron chi connectivity index (χ1n) is 11.5. The lowest BCUT2D eigenvalue weighted by atomic mass is 10.1. The Hall–Kier alpha value is -4.19. The fourth-order valence-corrected chi connectivity index (χ4v) is 3.81. The van der Waals surface area contributed by atoms with E-state index in [4.69, 9.17) is 18.9 Å². The van der Waals surface area contributed by atoms with E-state index in [9.17, 15) is 0 Å².